The standard InChI is InChI=1S/C33H33ClF3N7OS/c34-22-10-21-26(25(37)24(22)20-4-5-23(36)28-27(20)39-30(38)46-28)40-31(45-16-32-7-1-9-44(32)13-17(11-32)12-35)41-29(21)43-14-19-6-8-33(15-43,42-19)18-2-3-18/h4-5,10,12,18-19,42H,1-3,6-9,11,13-16H2,(H2,38,39)/b17-12-/t19-,32-,33+/m0/s1. The minimum absolute atomic E-state index is 0.00994. The number of thiazole rings is 1. The summed E-state index contributed by atoms with van der Waals surface area (Å²) in [5.41, 5.74) is 7.09. The number of nitrogens with zero attached hydrogens (tertiary/aromatic N) is 5. The van der Waals surface area contributed by atoms with Crippen molar-refractivity contribution in [3.63, 3.8) is 0 Å². The minimum Gasteiger partial charge on any atom is -0.461 e. The Morgan fingerprint density at radius 2 is 2.02 bits per heavy atom. The number of benzene rings is 2. The van der Waals surface area contributed by atoms with E-state index in [1.165, 1.54) is 25.0 Å². The van der Waals surface area contributed by atoms with E-state index in [2.05, 4.69) is 25.1 Å². The molecule has 3 N–H and O–H groups in total. The smallest absolute Gasteiger partial charge is 0.319 e. The molecule has 5 fully saturated rings. The number of anilines is 2. The Kier molecular flexibility index (Phi) is 6.56. The third kappa shape index (κ3) is 4.43. The molecule has 2 bridgehead atoms. The van der Waals surface area contributed by atoms with Crippen molar-refractivity contribution >= 4 is 55.0 Å². The Bertz CT molecular complexity index is 1950. The summed E-state index contributed by atoms with van der Waals surface area (Å²) in [6.07, 6.45) is 7.76. The van der Waals surface area contributed by atoms with Gasteiger partial charge >= 0.3 is 6.01 Å². The van der Waals surface area contributed by atoms with E-state index in [9.17, 15) is 8.78 Å². The third-order valence-electron chi connectivity index (χ3n) is 10.9. The Labute approximate surface area is 272 Å². The summed E-state index contributed by atoms with van der Waals surface area (Å²) in [5, 5.41) is 4.71. The van der Waals surface area contributed by atoms with Gasteiger partial charge in [-0.3, -0.25) is 4.90 Å². The van der Waals surface area contributed by atoms with Crippen LogP contribution < -0.4 is 20.7 Å². The SMILES string of the molecule is Nc1nc2c(-c3c(Cl)cc4c(N5C[C@@H]6CC[C@](C7CC7)(C5)N6)nc(OC[C@@]56CCCN5C/C(=C\F)C6)nc4c3F)ccc(F)c2s1. The molecule has 4 aliphatic heterocycles. The average Bonchev–Trinajstić information content (AvgIpc) is 3.44. The number of hydrogen-bond donors (Lipinski definition) is 2. The molecule has 6 heterocycles. The van der Waals surface area contributed by atoms with E-state index >= 15 is 4.39 Å². The maximum absolute atomic E-state index is 16.9. The highest BCUT2D eigenvalue weighted by molar-refractivity contribution is 7.22. The number of halogens is 4. The zero-order chi connectivity index (χ0) is 31.4. The van der Waals surface area contributed by atoms with Gasteiger partial charge in [0.2, 0.25) is 0 Å². The molecule has 0 radical (unpaired) electrons. The average molecular weight is 668 g/mol. The van der Waals surface area contributed by atoms with Gasteiger partial charge in [0, 0.05) is 47.7 Å². The predicted octanol–water partition coefficient (Wildman–Crippen LogP) is 6.61. The summed E-state index contributed by atoms with van der Waals surface area (Å²) in [6, 6.07) is 4.84. The second-order valence-electron chi connectivity index (χ2n) is 13.8. The van der Waals surface area contributed by atoms with Gasteiger partial charge in [0.25, 0.3) is 0 Å². The number of fused-ring (bicyclic) bond motifs is 5. The monoisotopic (exact) mass is 667 g/mol. The molecule has 9 rings (SSSR count). The molecule has 2 aromatic heterocycles. The predicted molar refractivity (Wildman–Crippen MR) is 174 cm³/mol. The molecule has 8 nitrogen and oxygen atoms in total. The van der Waals surface area contributed by atoms with Crippen molar-refractivity contribution in [2.75, 3.05) is 43.4 Å². The van der Waals surface area contributed by atoms with E-state index in [0.717, 1.165) is 62.2 Å². The number of nitrogens with two attached hydrogens (primary N) is 1. The van der Waals surface area contributed by atoms with E-state index in [1.807, 2.05) is 0 Å². The summed E-state index contributed by atoms with van der Waals surface area (Å²) in [4.78, 5) is 18.4. The first-order valence-corrected chi connectivity index (χ1v) is 17.2. The maximum atomic E-state index is 16.9. The van der Waals surface area contributed by atoms with Gasteiger partial charge in [-0.15, -0.1) is 0 Å². The Balaban J connectivity index is 1.18. The maximum Gasteiger partial charge on any atom is 0.319 e. The molecule has 0 spiro atoms. The molecule has 4 saturated heterocycles. The number of aromatic nitrogens is 3. The van der Waals surface area contributed by atoms with E-state index in [0.29, 0.717) is 48.0 Å². The second-order valence-corrected chi connectivity index (χ2v) is 15.2. The molecule has 1 saturated carbocycles. The van der Waals surface area contributed by atoms with Crippen molar-refractivity contribution in [3.8, 4) is 17.1 Å². The Morgan fingerprint density at radius 1 is 1.15 bits per heavy atom. The molecule has 2 aromatic carbocycles. The van der Waals surface area contributed by atoms with Crippen LogP contribution in [0.5, 0.6) is 6.01 Å². The van der Waals surface area contributed by atoms with Crippen LogP contribution in [0.4, 0.5) is 24.1 Å². The molecule has 13 heteroatoms. The number of piperazine rings is 1. The molecule has 5 aliphatic rings. The number of nitrogen functional groups attached to an aromatic ring is 1. The van der Waals surface area contributed by atoms with Crippen LogP contribution in [0.25, 0.3) is 32.2 Å². The van der Waals surface area contributed by atoms with Crippen molar-refractivity contribution < 1.29 is 17.9 Å². The lowest BCUT2D eigenvalue weighted by molar-refractivity contribution is 0.108. The molecule has 3 atom stereocenters. The molecule has 0 amide bonds. The lowest BCUT2D eigenvalue weighted by Gasteiger charge is -2.42. The second kappa shape index (κ2) is 10.4. The highest BCUT2D eigenvalue weighted by Crippen LogP contribution is 2.49. The van der Waals surface area contributed by atoms with Crippen molar-refractivity contribution in [2.24, 2.45) is 5.92 Å². The zero-order valence-electron chi connectivity index (χ0n) is 25.1. The van der Waals surface area contributed by atoms with Crippen molar-refractivity contribution in [3.05, 3.63) is 46.8 Å². The van der Waals surface area contributed by atoms with Gasteiger partial charge in [-0.2, -0.15) is 9.97 Å². The van der Waals surface area contributed by atoms with Crippen molar-refractivity contribution in [2.45, 2.75) is 62.1 Å². The number of nitrogens with one attached hydrogen (secondary N) is 1. The summed E-state index contributed by atoms with van der Waals surface area (Å²) in [7, 11) is 0. The first-order valence-electron chi connectivity index (χ1n) is 16.0. The first-order chi connectivity index (χ1) is 22.3. The van der Waals surface area contributed by atoms with Crippen LogP contribution >= 0.6 is 22.9 Å². The normalized spacial score (nSPS) is 28.7. The summed E-state index contributed by atoms with van der Waals surface area (Å²) in [5.74, 6) is 0.0655. The van der Waals surface area contributed by atoms with Crippen LogP contribution in [0.1, 0.15) is 44.9 Å². The fourth-order valence-corrected chi connectivity index (χ4v) is 9.78. The molecule has 46 heavy (non-hydrogen) atoms. The van der Waals surface area contributed by atoms with Crippen molar-refractivity contribution in [1.82, 2.24) is 25.2 Å². The minimum atomic E-state index is -0.658. The van der Waals surface area contributed by atoms with Crippen LogP contribution in [-0.4, -0.2) is 69.8 Å². The number of ether oxygens (including phenoxy) is 1. The fraction of sp³-hybridized carbons (Fsp3) is 0.485. The molecule has 0 unspecified atom stereocenters. The molecular weight excluding hydrogens is 635 g/mol. The van der Waals surface area contributed by atoms with Gasteiger partial charge in [-0.25, -0.2) is 18.2 Å². The number of rotatable bonds is 6. The summed E-state index contributed by atoms with van der Waals surface area (Å²) < 4.78 is 51.8. The number of hydrogen-bond acceptors (Lipinski definition) is 9. The van der Waals surface area contributed by atoms with Crippen LogP contribution in [0.2, 0.25) is 5.02 Å². The van der Waals surface area contributed by atoms with E-state index in [1.54, 1.807) is 6.07 Å². The molecule has 1 aliphatic carbocycles. The van der Waals surface area contributed by atoms with Gasteiger partial charge in [0.1, 0.15) is 23.8 Å². The van der Waals surface area contributed by atoms with Gasteiger partial charge in [0.05, 0.1) is 27.1 Å². The Hall–Kier alpha value is -3.19. The van der Waals surface area contributed by atoms with Crippen LogP contribution in [0.3, 0.4) is 0 Å². The van der Waals surface area contributed by atoms with Gasteiger partial charge in [0.15, 0.2) is 10.9 Å². The zero-order valence-corrected chi connectivity index (χ0v) is 26.7. The van der Waals surface area contributed by atoms with Crippen molar-refractivity contribution in [1.29, 1.82) is 0 Å². The largest absolute Gasteiger partial charge is 0.461 e. The van der Waals surface area contributed by atoms with E-state index in [4.69, 9.17) is 27.1 Å². The lowest BCUT2D eigenvalue weighted by Crippen LogP contribution is -2.61. The highest BCUT2D eigenvalue weighted by atomic mass is 35.5. The topological polar surface area (TPSA) is 92.4 Å². The Morgan fingerprint density at radius 3 is 2.85 bits per heavy atom. The van der Waals surface area contributed by atoms with Gasteiger partial charge in [-0.1, -0.05) is 22.9 Å². The van der Waals surface area contributed by atoms with E-state index in [-0.39, 0.29) is 55.1 Å². The van der Waals surface area contributed by atoms with E-state index < -0.39 is 11.6 Å². The molecule has 240 valence electrons. The quantitative estimate of drug-likeness (QED) is 0.237. The summed E-state index contributed by atoms with van der Waals surface area (Å²) in [6.45, 7) is 3.20. The van der Waals surface area contributed by atoms with Gasteiger partial charge in [-0.05, 0) is 81.2 Å². The third-order valence-corrected chi connectivity index (χ3v) is 12.1. The van der Waals surface area contributed by atoms with Gasteiger partial charge < -0.3 is 20.7 Å². The van der Waals surface area contributed by atoms with Crippen LogP contribution in [0, 0.1) is 17.6 Å². The summed E-state index contributed by atoms with van der Waals surface area (Å²) >= 11 is 7.89. The highest BCUT2D eigenvalue weighted by Gasteiger charge is 2.53. The fourth-order valence-electron chi connectivity index (χ4n) is 8.72. The first kappa shape index (κ1) is 29.0. The van der Waals surface area contributed by atoms with Crippen LogP contribution in [-0.2, 0) is 0 Å². The lowest BCUT2D eigenvalue weighted by atomic mass is 9.90. The molecule has 4 aromatic rings. The van der Waals surface area contributed by atoms with Crippen LogP contribution in [0.15, 0.2) is 30.1 Å². The molecular formula is C33H33ClF3N7OS.